The van der Waals surface area contributed by atoms with Crippen LogP contribution in [0.5, 0.6) is 0 Å². The van der Waals surface area contributed by atoms with Crippen molar-refractivity contribution < 1.29 is 17.9 Å². The molecule has 0 aromatic rings. The Hall–Kier alpha value is -0.250. The van der Waals surface area contributed by atoms with Crippen molar-refractivity contribution in [1.82, 2.24) is 0 Å². The summed E-state index contributed by atoms with van der Waals surface area (Å²) in [6.07, 6.45) is -5.61. The first-order valence-corrected chi connectivity index (χ1v) is 2.71. The zero-order valence-corrected chi connectivity index (χ0v) is 4.90. The van der Waals surface area contributed by atoms with Crippen molar-refractivity contribution in [2.24, 2.45) is 0 Å². The predicted octanol–water partition coefficient (Wildman–Crippen LogP) is 1.73. The molecule has 0 aliphatic carbocycles. The van der Waals surface area contributed by atoms with E-state index in [9.17, 15) is 13.2 Å². The monoisotopic (exact) mass is 140 g/mol. The maximum Gasteiger partial charge on any atom is 0.391 e. The van der Waals surface area contributed by atoms with Crippen LogP contribution >= 0.6 is 0 Å². The molecular weight excluding hydrogens is 133 g/mol. The quantitative estimate of drug-likeness (QED) is 0.505. The molecule has 1 heterocycles. The lowest BCUT2D eigenvalue weighted by Crippen LogP contribution is -2.11. The van der Waals surface area contributed by atoms with Crippen LogP contribution in [0.1, 0.15) is 13.3 Å². The lowest BCUT2D eigenvalue weighted by atomic mass is 10.2. The normalized spacial score (nSPS) is 34.7. The van der Waals surface area contributed by atoms with E-state index in [1.54, 1.807) is 6.92 Å². The molecule has 1 nitrogen and oxygen atoms in total. The molecule has 2 atom stereocenters. The van der Waals surface area contributed by atoms with Gasteiger partial charge in [-0.15, -0.1) is 0 Å². The molecule has 0 N–H and O–H groups in total. The van der Waals surface area contributed by atoms with Crippen LogP contribution in [0.15, 0.2) is 0 Å². The van der Waals surface area contributed by atoms with E-state index in [1.165, 1.54) is 0 Å². The van der Waals surface area contributed by atoms with Crippen molar-refractivity contribution in [1.29, 1.82) is 0 Å². The SMILES string of the molecule is CC1OC1CC(F)(F)F. The van der Waals surface area contributed by atoms with Gasteiger partial charge < -0.3 is 4.74 Å². The highest BCUT2D eigenvalue weighted by atomic mass is 19.4. The van der Waals surface area contributed by atoms with E-state index < -0.39 is 18.7 Å². The number of alkyl halides is 3. The van der Waals surface area contributed by atoms with Gasteiger partial charge in [0, 0.05) is 0 Å². The topological polar surface area (TPSA) is 12.5 Å². The molecule has 54 valence electrons. The minimum Gasteiger partial charge on any atom is -0.370 e. The van der Waals surface area contributed by atoms with Gasteiger partial charge in [-0.25, -0.2) is 0 Å². The molecule has 2 unspecified atom stereocenters. The molecule has 1 aliphatic rings. The fourth-order valence-electron chi connectivity index (χ4n) is 0.673. The summed E-state index contributed by atoms with van der Waals surface area (Å²) in [5.41, 5.74) is 0. The Morgan fingerprint density at radius 1 is 1.44 bits per heavy atom. The number of epoxide rings is 1. The van der Waals surface area contributed by atoms with Crippen molar-refractivity contribution >= 4 is 0 Å². The number of hydrogen-bond acceptors (Lipinski definition) is 1. The van der Waals surface area contributed by atoms with Gasteiger partial charge in [-0.2, -0.15) is 13.2 Å². The highest BCUT2D eigenvalue weighted by Crippen LogP contribution is 2.33. The van der Waals surface area contributed by atoms with E-state index in [-0.39, 0.29) is 6.10 Å². The second-order valence-electron chi connectivity index (χ2n) is 2.20. The van der Waals surface area contributed by atoms with E-state index in [0.717, 1.165) is 0 Å². The van der Waals surface area contributed by atoms with Crippen LogP contribution in [0.4, 0.5) is 13.2 Å². The Labute approximate surface area is 50.8 Å². The van der Waals surface area contributed by atoms with E-state index >= 15 is 0 Å². The van der Waals surface area contributed by atoms with E-state index in [1.807, 2.05) is 0 Å². The molecule has 0 bridgehead atoms. The van der Waals surface area contributed by atoms with Crippen LogP contribution in [0.3, 0.4) is 0 Å². The zero-order valence-electron chi connectivity index (χ0n) is 4.90. The van der Waals surface area contributed by atoms with Gasteiger partial charge in [-0.1, -0.05) is 0 Å². The number of rotatable bonds is 1. The fourth-order valence-corrected chi connectivity index (χ4v) is 0.673. The summed E-state index contributed by atoms with van der Waals surface area (Å²) >= 11 is 0. The van der Waals surface area contributed by atoms with Crippen LogP contribution < -0.4 is 0 Å². The molecule has 0 aromatic carbocycles. The first-order valence-electron chi connectivity index (χ1n) is 2.71. The number of hydrogen-bond donors (Lipinski definition) is 0. The van der Waals surface area contributed by atoms with Crippen molar-refractivity contribution in [2.75, 3.05) is 0 Å². The second-order valence-corrected chi connectivity index (χ2v) is 2.20. The highest BCUT2D eigenvalue weighted by molar-refractivity contribution is 4.82. The van der Waals surface area contributed by atoms with E-state index in [0.29, 0.717) is 0 Å². The third-order valence-electron chi connectivity index (χ3n) is 1.27. The molecule has 9 heavy (non-hydrogen) atoms. The van der Waals surface area contributed by atoms with Gasteiger partial charge in [0.2, 0.25) is 0 Å². The second kappa shape index (κ2) is 1.87. The van der Waals surface area contributed by atoms with Crippen molar-refractivity contribution in [3.63, 3.8) is 0 Å². The Morgan fingerprint density at radius 2 is 1.89 bits per heavy atom. The molecule has 1 saturated heterocycles. The Balaban J connectivity index is 2.19. The lowest BCUT2D eigenvalue weighted by molar-refractivity contribution is -0.137. The summed E-state index contributed by atoms with van der Waals surface area (Å²) < 4.78 is 38.9. The smallest absolute Gasteiger partial charge is 0.370 e. The van der Waals surface area contributed by atoms with Gasteiger partial charge in [-0.3, -0.25) is 0 Å². The summed E-state index contributed by atoms with van der Waals surface area (Å²) in [7, 11) is 0. The van der Waals surface area contributed by atoms with Crippen molar-refractivity contribution in [3.05, 3.63) is 0 Å². The van der Waals surface area contributed by atoms with Gasteiger partial charge in [0.05, 0.1) is 18.6 Å². The first kappa shape index (κ1) is 6.86. The first-order chi connectivity index (χ1) is 3.99. The molecule has 0 radical (unpaired) electrons. The zero-order chi connectivity index (χ0) is 7.07. The molecule has 0 amide bonds. The number of halogens is 3. The molecule has 1 fully saturated rings. The molecule has 4 heteroatoms. The van der Waals surface area contributed by atoms with Crippen molar-refractivity contribution in [2.45, 2.75) is 31.7 Å². The standard InChI is InChI=1S/C5H7F3O/c1-3-4(9-3)2-5(6,7)8/h3-4H,2H2,1H3. The minimum absolute atomic E-state index is 0.188. The summed E-state index contributed by atoms with van der Waals surface area (Å²) in [6.45, 7) is 1.64. The summed E-state index contributed by atoms with van der Waals surface area (Å²) in [4.78, 5) is 0. The third-order valence-corrected chi connectivity index (χ3v) is 1.27. The average Bonchev–Trinajstić information content (AvgIpc) is 2.13. The van der Waals surface area contributed by atoms with Crippen LogP contribution in [0.2, 0.25) is 0 Å². The number of ether oxygens (including phenoxy) is 1. The summed E-state index contributed by atoms with van der Waals surface area (Å²) in [5, 5.41) is 0. The predicted molar refractivity (Wildman–Crippen MR) is 25.0 cm³/mol. The lowest BCUT2D eigenvalue weighted by Gasteiger charge is -2.00. The van der Waals surface area contributed by atoms with Gasteiger partial charge >= 0.3 is 6.18 Å². The van der Waals surface area contributed by atoms with Gasteiger partial charge in [-0.05, 0) is 6.92 Å². The van der Waals surface area contributed by atoms with E-state index in [4.69, 9.17) is 0 Å². The largest absolute Gasteiger partial charge is 0.391 e. The van der Waals surface area contributed by atoms with Crippen LogP contribution in [-0.2, 0) is 4.74 Å². The van der Waals surface area contributed by atoms with Crippen LogP contribution in [0.25, 0.3) is 0 Å². The summed E-state index contributed by atoms with van der Waals surface area (Å²) in [5.74, 6) is 0. The Bertz CT molecular complexity index is 109. The van der Waals surface area contributed by atoms with Crippen molar-refractivity contribution in [3.8, 4) is 0 Å². The molecular formula is C5H7F3O. The molecule has 1 rings (SSSR count). The maximum atomic E-state index is 11.4. The fraction of sp³-hybridized carbons (Fsp3) is 1.00. The summed E-state index contributed by atoms with van der Waals surface area (Å²) in [6, 6.07) is 0. The minimum atomic E-state index is -4.06. The molecule has 0 aromatic heterocycles. The maximum absolute atomic E-state index is 11.4. The van der Waals surface area contributed by atoms with Gasteiger partial charge in [0.1, 0.15) is 0 Å². The van der Waals surface area contributed by atoms with Gasteiger partial charge in [0.25, 0.3) is 0 Å². The third kappa shape index (κ3) is 2.22. The molecule has 1 aliphatic heterocycles. The van der Waals surface area contributed by atoms with Gasteiger partial charge in [0.15, 0.2) is 0 Å². The van der Waals surface area contributed by atoms with Crippen LogP contribution in [-0.4, -0.2) is 18.4 Å². The Kier molecular flexibility index (Phi) is 1.42. The van der Waals surface area contributed by atoms with Crippen LogP contribution in [0, 0.1) is 0 Å². The highest BCUT2D eigenvalue weighted by Gasteiger charge is 2.43. The molecule has 0 saturated carbocycles. The molecule has 0 spiro atoms. The Morgan fingerprint density at radius 3 is 2.00 bits per heavy atom. The van der Waals surface area contributed by atoms with E-state index in [2.05, 4.69) is 4.74 Å². The average molecular weight is 140 g/mol.